The molecule has 0 saturated carbocycles. The van der Waals surface area contributed by atoms with E-state index in [-0.39, 0.29) is 6.04 Å². The van der Waals surface area contributed by atoms with Crippen LogP contribution in [0.25, 0.3) is 0 Å². The fraction of sp³-hybridized carbons (Fsp3) is 0.357. The maximum atomic E-state index is 6.26. The van der Waals surface area contributed by atoms with Crippen molar-refractivity contribution in [3.8, 4) is 5.75 Å². The smallest absolute Gasteiger partial charge is 0.118 e. The Morgan fingerprint density at radius 1 is 1.37 bits per heavy atom. The lowest BCUT2D eigenvalue weighted by Crippen LogP contribution is -2.15. The van der Waals surface area contributed by atoms with Crippen molar-refractivity contribution in [2.24, 2.45) is 12.8 Å². The lowest BCUT2D eigenvalue weighted by Gasteiger charge is -2.13. The average molecular weight is 324 g/mol. The Bertz CT molecular complexity index is 563. The first-order chi connectivity index (χ1) is 9.02. The summed E-state index contributed by atoms with van der Waals surface area (Å²) in [7, 11) is 3.60. The van der Waals surface area contributed by atoms with Crippen molar-refractivity contribution in [3.05, 3.63) is 45.7 Å². The average Bonchev–Trinajstić information content (AvgIpc) is 2.65. The van der Waals surface area contributed by atoms with Gasteiger partial charge in [-0.2, -0.15) is 5.10 Å². The first kappa shape index (κ1) is 14.1. The highest BCUT2D eigenvalue weighted by atomic mass is 79.9. The second-order valence-electron chi connectivity index (χ2n) is 4.55. The zero-order chi connectivity index (χ0) is 14.0. The van der Waals surface area contributed by atoms with Gasteiger partial charge in [0.1, 0.15) is 5.75 Å². The highest BCUT2D eigenvalue weighted by Crippen LogP contribution is 2.25. The Hall–Kier alpha value is -1.33. The molecule has 4 nitrogen and oxygen atoms in total. The van der Waals surface area contributed by atoms with Gasteiger partial charge >= 0.3 is 0 Å². The van der Waals surface area contributed by atoms with Crippen LogP contribution in [0.2, 0.25) is 0 Å². The normalized spacial score (nSPS) is 12.5. The van der Waals surface area contributed by atoms with Crippen molar-refractivity contribution in [1.29, 1.82) is 0 Å². The summed E-state index contributed by atoms with van der Waals surface area (Å²) in [6, 6.07) is 7.80. The summed E-state index contributed by atoms with van der Waals surface area (Å²) < 4.78 is 8.06. The number of methoxy groups -OCH3 is 1. The number of hydrogen-bond donors (Lipinski definition) is 1. The van der Waals surface area contributed by atoms with Crippen molar-refractivity contribution in [3.63, 3.8) is 0 Å². The largest absolute Gasteiger partial charge is 0.497 e. The molecule has 0 radical (unpaired) electrons. The van der Waals surface area contributed by atoms with Gasteiger partial charge in [-0.15, -0.1) is 0 Å². The van der Waals surface area contributed by atoms with E-state index >= 15 is 0 Å². The number of aryl methyl sites for hydroxylation is 2. The number of nitrogens with two attached hydrogens (primary N) is 1. The van der Waals surface area contributed by atoms with Crippen molar-refractivity contribution < 1.29 is 4.74 Å². The lowest BCUT2D eigenvalue weighted by molar-refractivity contribution is 0.414. The third-order valence-corrected chi connectivity index (χ3v) is 4.25. The Balaban J connectivity index is 2.17. The monoisotopic (exact) mass is 323 g/mol. The molecule has 0 aliphatic rings. The summed E-state index contributed by atoms with van der Waals surface area (Å²) in [4.78, 5) is 0. The van der Waals surface area contributed by atoms with Gasteiger partial charge in [0, 0.05) is 19.5 Å². The summed E-state index contributed by atoms with van der Waals surface area (Å²) >= 11 is 3.57. The summed E-state index contributed by atoms with van der Waals surface area (Å²) in [6.07, 6.45) is 0.740. The van der Waals surface area contributed by atoms with Gasteiger partial charge in [-0.25, -0.2) is 0 Å². The number of aromatic nitrogens is 2. The van der Waals surface area contributed by atoms with Gasteiger partial charge in [0.2, 0.25) is 0 Å². The highest BCUT2D eigenvalue weighted by molar-refractivity contribution is 9.10. The minimum atomic E-state index is -0.0583. The van der Waals surface area contributed by atoms with Crippen molar-refractivity contribution in [2.75, 3.05) is 7.11 Å². The second kappa shape index (κ2) is 5.75. The van der Waals surface area contributed by atoms with E-state index in [1.807, 2.05) is 42.9 Å². The highest BCUT2D eigenvalue weighted by Gasteiger charge is 2.15. The molecule has 2 N–H and O–H groups in total. The summed E-state index contributed by atoms with van der Waals surface area (Å²) in [6.45, 7) is 1.98. The molecule has 1 aromatic heterocycles. The SMILES string of the molecule is COc1ccc(C(N)Cc2c(Br)c(C)nn2C)cc1. The number of halogens is 1. The Morgan fingerprint density at radius 2 is 2.00 bits per heavy atom. The zero-order valence-corrected chi connectivity index (χ0v) is 12.9. The number of ether oxygens (including phenoxy) is 1. The van der Waals surface area contributed by atoms with Crippen LogP contribution >= 0.6 is 15.9 Å². The molecule has 1 unspecified atom stereocenters. The van der Waals surface area contributed by atoms with E-state index in [9.17, 15) is 0 Å². The minimum Gasteiger partial charge on any atom is -0.497 e. The molecule has 0 bridgehead atoms. The van der Waals surface area contributed by atoms with E-state index in [1.54, 1.807) is 7.11 Å². The molecule has 1 atom stereocenters. The third-order valence-electron chi connectivity index (χ3n) is 3.22. The lowest BCUT2D eigenvalue weighted by atomic mass is 10.0. The van der Waals surface area contributed by atoms with Gasteiger partial charge in [0.15, 0.2) is 0 Å². The van der Waals surface area contributed by atoms with Gasteiger partial charge in [0.25, 0.3) is 0 Å². The second-order valence-corrected chi connectivity index (χ2v) is 5.35. The summed E-state index contributed by atoms with van der Waals surface area (Å²) in [5.74, 6) is 0.841. The van der Waals surface area contributed by atoms with Crippen LogP contribution in [0.1, 0.15) is 23.0 Å². The quantitative estimate of drug-likeness (QED) is 0.941. The number of nitrogens with zero attached hydrogens (tertiary/aromatic N) is 2. The van der Waals surface area contributed by atoms with Crippen molar-refractivity contribution in [1.82, 2.24) is 9.78 Å². The molecule has 1 heterocycles. The third kappa shape index (κ3) is 2.98. The van der Waals surface area contributed by atoms with Crippen molar-refractivity contribution >= 4 is 15.9 Å². The zero-order valence-electron chi connectivity index (χ0n) is 11.4. The molecule has 0 amide bonds. The molecule has 0 saturated heterocycles. The van der Waals surface area contributed by atoms with E-state index in [4.69, 9.17) is 10.5 Å². The van der Waals surface area contributed by atoms with Gasteiger partial charge in [-0.3, -0.25) is 4.68 Å². The maximum absolute atomic E-state index is 6.26. The van der Waals surface area contributed by atoms with Crippen LogP contribution in [0.5, 0.6) is 5.75 Å². The van der Waals surface area contributed by atoms with E-state index < -0.39 is 0 Å². The fourth-order valence-corrected chi connectivity index (χ4v) is 2.58. The number of rotatable bonds is 4. The van der Waals surface area contributed by atoms with Gasteiger partial charge in [-0.05, 0) is 40.5 Å². The predicted molar refractivity (Wildman–Crippen MR) is 79.3 cm³/mol. The standard InChI is InChI=1S/C14H18BrN3O/c1-9-14(15)13(18(2)17-9)8-12(16)10-4-6-11(19-3)7-5-10/h4-7,12H,8,16H2,1-3H3. The number of hydrogen-bond acceptors (Lipinski definition) is 3. The Morgan fingerprint density at radius 3 is 2.47 bits per heavy atom. The van der Waals surface area contributed by atoms with Crippen LogP contribution in [-0.2, 0) is 13.5 Å². The molecule has 0 spiro atoms. The van der Waals surface area contributed by atoms with Gasteiger partial charge < -0.3 is 10.5 Å². The Kier molecular flexibility index (Phi) is 4.27. The Labute approximate surface area is 121 Å². The van der Waals surface area contributed by atoms with Crippen LogP contribution in [0.15, 0.2) is 28.7 Å². The molecular formula is C14H18BrN3O. The molecule has 2 aromatic rings. The first-order valence-electron chi connectivity index (χ1n) is 6.10. The van der Waals surface area contributed by atoms with Gasteiger partial charge in [-0.1, -0.05) is 12.1 Å². The number of benzene rings is 1. The molecule has 5 heteroatoms. The molecule has 102 valence electrons. The topological polar surface area (TPSA) is 53.1 Å². The van der Waals surface area contributed by atoms with Crippen LogP contribution in [0.3, 0.4) is 0 Å². The first-order valence-corrected chi connectivity index (χ1v) is 6.89. The molecule has 0 aliphatic carbocycles. The molecular weight excluding hydrogens is 306 g/mol. The van der Waals surface area contributed by atoms with Crippen LogP contribution in [-0.4, -0.2) is 16.9 Å². The molecule has 2 rings (SSSR count). The summed E-state index contributed by atoms with van der Waals surface area (Å²) in [5.41, 5.74) is 9.45. The van der Waals surface area contributed by atoms with Crippen molar-refractivity contribution in [2.45, 2.75) is 19.4 Å². The molecule has 1 aromatic carbocycles. The van der Waals surface area contributed by atoms with Crippen LogP contribution < -0.4 is 10.5 Å². The maximum Gasteiger partial charge on any atom is 0.118 e. The molecule has 0 fully saturated rings. The van der Waals surface area contributed by atoms with Crippen LogP contribution in [0.4, 0.5) is 0 Å². The summed E-state index contributed by atoms with van der Waals surface area (Å²) in [5, 5.41) is 4.38. The minimum absolute atomic E-state index is 0.0583. The predicted octanol–water partition coefficient (Wildman–Crippen LogP) is 2.74. The van der Waals surface area contributed by atoms with Crippen LogP contribution in [0, 0.1) is 6.92 Å². The van der Waals surface area contributed by atoms with E-state index in [0.717, 1.165) is 33.6 Å². The molecule has 0 aliphatic heterocycles. The fourth-order valence-electron chi connectivity index (χ4n) is 2.08. The van der Waals surface area contributed by atoms with Gasteiger partial charge in [0.05, 0.1) is 23.0 Å². The molecule has 19 heavy (non-hydrogen) atoms. The van der Waals surface area contributed by atoms with E-state index in [2.05, 4.69) is 21.0 Å². The van der Waals surface area contributed by atoms with E-state index in [0.29, 0.717) is 0 Å². The van der Waals surface area contributed by atoms with E-state index in [1.165, 1.54) is 0 Å².